The van der Waals surface area contributed by atoms with Gasteiger partial charge < -0.3 is 5.73 Å². The molecular weight excluding hydrogens is 162 g/mol. The normalized spacial score (nSPS) is 17.5. The van der Waals surface area contributed by atoms with Gasteiger partial charge in [-0.3, -0.25) is 0 Å². The Morgan fingerprint density at radius 3 is 2.00 bits per heavy atom. The average Bonchev–Trinajstić information content (AvgIpc) is 1.82. The first kappa shape index (κ1) is 10.7. The van der Waals surface area contributed by atoms with Crippen molar-refractivity contribution in [3.8, 4) is 0 Å². The Morgan fingerprint density at radius 1 is 1.55 bits per heavy atom. The molecule has 2 atom stereocenters. The largest absolute Gasteiger partial charge is 0.323 e. The van der Waals surface area contributed by atoms with Crippen LogP contribution in [0.15, 0.2) is 12.2 Å². The van der Waals surface area contributed by atoms with Gasteiger partial charge in [0.05, 0.1) is 5.25 Å². The third kappa shape index (κ3) is 3.03. The van der Waals surface area contributed by atoms with E-state index in [2.05, 4.69) is 6.58 Å². The highest BCUT2D eigenvalue weighted by molar-refractivity contribution is 7.91. The number of rotatable bonds is 3. The van der Waals surface area contributed by atoms with Gasteiger partial charge in [-0.25, -0.2) is 8.42 Å². The van der Waals surface area contributed by atoms with Crippen molar-refractivity contribution < 1.29 is 8.42 Å². The van der Waals surface area contributed by atoms with Gasteiger partial charge in [-0.2, -0.15) is 0 Å². The molecule has 0 aliphatic heterocycles. The SMILES string of the molecule is C=C(C)C(N)C(C)S(C)(=O)=O. The smallest absolute Gasteiger partial charge is 0.151 e. The van der Waals surface area contributed by atoms with Gasteiger partial charge >= 0.3 is 0 Å². The maximum Gasteiger partial charge on any atom is 0.151 e. The van der Waals surface area contributed by atoms with E-state index in [0.29, 0.717) is 5.57 Å². The Hall–Kier alpha value is -0.350. The van der Waals surface area contributed by atoms with Gasteiger partial charge in [0.25, 0.3) is 0 Å². The molecule has 0 heterocycles. The second kappa shape index (κ2) is 3.36. The zero-order valence-corrected chi connectivity index (χ0v) is 7.98. The molecule has 66 valence electrons. The van der Waals surface area contributed by atoms with E-state index in [1.54, 1.807) is 13.8 Å². The lowest BCUT2D eigenvalue weighted by Gasteiger charge is -2.17. The van der Waals surface area contributed by atoms with Gasteiger partial charge in [0, 0.05) is 12.3 Å². The van der Waals surface area contributed by atoms with Crippen LogP contribution in [0.25, 0.3) is 0 Å². The number of nitrogens with two attached hydrogens (primary N) is 1. The first-order valence-electron chi connectivity index (χ1n) is 3.36. The quantitative estimate of drug-likeness (QED) is 0.632. The predicted octanol–water partition coefficient (Wildman–Crippen LogP) is 0.323. The zero-order valence-electron chi connectivity index (χ0n) is 7.16. The molecule has 0 aliphatic carbocycles. The Bertz CT molecular complexity index is 243. The Balaban J connectivity index is 4.51. The summed E-state index contributed by atoms with van der Waals surface area (Å²) in [5, 5.41) is -0.542. The predicted molar refractivity (Wildman–Crippen MR) is 47.1 cm³/mol. The van der Waals surface area contributed by atoms with E-state index < -0.39 is 21.1 Å². The van der Waals surface area contributed by atoms with Crippen LogP contribution in [-0.2, 0) is 9.84 Å². The van der Waals surface area contributed by atoms with Crippen LogP contribution >= 0.6 is 0 Å². The fourth-order valence-corrected chi connectivity index (χ4v) is 1.43. The first-order chi connectivity index (χ1) is 4.76. The lowest BCUT2D eigenvalue weighted by atomic mass is 10.1. The standard InChI is InChI=1S/C7H15NO2S/c1-5(2)7(8)6(3)11(4,9)10/h6-7H,1,8H2,2-4H3. The molecule has 4 heteroatoms. The molecular formula is C7H15NO2S. The van der Waals surface area contributed by atoms with E-state index in [0.717, 1.165) is 0 Å². The van der Waals surface area contributed by atoms with Crippen molar-refractivity contribution in [3.05, 3.63) is 12.2 Å². The molecule has 0 aliphatic rings. The number of sulfone groups is 1. The van der Waals surface area contributed by atoms with Gasteiger partial charge in [0.15, 0.2) is 9.84 Å². The van der Waals surface area contributed by atoms with E-state index in [1.807, 2.05) is 0 Å². The van der Waals surface area contributed by atoms with Crippen molar-refractivity contribution in [3.63, 3.8) is 0 Å². The van der Waals surface area contributed by atoms with Crippen molar-refractivity contribution in [2.45, 2.75) is 25.1 Å². The summed E-state index contributed by atoms with van der Waals surface area (Å²) in [6.45, 7) is 6.92. The molecule has 0 bridgehead atoms. The summed E-state index contributed by atoms with van der Waals surface area (Å²) < 4.78 is 21.9. The molecule has 3 nitrogen and oxygen atoms in total. The molecule has 2 N–H and O–H groups in total. The monoisotopic (exact) mass is 177 g/mol. The van der Waals surface area contributed by atoms with Crippen LogP contribution in [0.5, 0.6) is 0 Å². The lowest BCUT2D eigenvalue weighted by Crippen LogP contribution is -2.38. The molecule has 0 aromatic heterocycles. The summed E-state index contributed by atoms with van der Waals surface area (Å²) in [7, 11) is -3.03. The van der Waals surface area contributed by atoms with E-state index in [1.165, 1.54) is 6.26 Å². The van der Waals surface area contributed by atoms with Gasteiger partial charge in [-0.15, -0.1) is 0 Å². The lowest BCUT2D eigenvalue weighted by molar-refractivity contribution is 0.578. The first-order valence-corrected chi connectivity index (χ1v) is 5.32. The molecule has 0 radical (unpaired) electrons. The van der Waals surface area contributed by atoms with Crippen LogP contribution in [0.4, 0.5) is 0 Å². The highest BCUT2D eigenvalue weighted by Gasteiger charge is 2.22. The minimum atomic E-state index is -3.03. The van der Waals surface area contributed by atoms with Gasteiger partial charge in [-0.05, 0) is 13.8 Å². The van der Waals surface area contributed by atoms with Crippen molar-refractivity contribution >= 4 is 9.84 Å². The molecule has 11 heavy (non-hydrogen) atoms. The summed E-state index contributed by atoms with van der Waals surface area (Å²) in [5.74, 6) is 0. The molecule has 0 amide bonds. The van der Waals surface area contributed by atoms with Crippen LogP contribution in [0.3, 0.4) is 0 Å². The summed E-state index contributed by atoms with van der Waals surface area (Å²) >= 11 is 0. The molecule has 0 fully saturated rings. The number of hydrogen-bond acceptors (Lipinski definition) is 3. The van der Waals surface area contributed by atoms with Gasteiger partial charge in [0.2, 0.25) is 0 Å². The highest BCUT2D eigenvalue weighted by atomic mass is 32.2. The molecule has 0 saturated carbocycles. The Kier molecular flexibility index (Phi) is 3.26. The van der Waals surface area contributed by atoms with Crippen molar-refractivity contribution in [2.24, 2.45) is 5.73 Å². The van der Waals surface area contributed by atoms with Crippen LogP contribution in [0, 0.1) is 0 Å². The van der Waals surface area contributed by atoms with Gasteiger partial charge in [-0.1, -0.05) is 12.2 Å². The van der Waals surface area contributed by atoms with E-state index in [4.69, 9.17) is 5.73 Å². The summed E-state index contributed by atoms with van der Waals surface area (Å²) in [6.07, 6.45) is 1.18. The van der Waals surface area contributed by atoms with Crippen LogP contribution in [-0.4, -0.2) is 26.0 Å². The molecule has 0 spiro atoms. The van der Waals surface area contributed by atoms with E-state index >= 15 is 0 Å². The second-order valence-electron chi connectivity index (χ2n) is 2.91. The molecule has 0 rings (SSSR count). The zero-order chi connectivity index (χ0) is 9.23. The van der Waals surface area contributed by atoms with E-state index in [9.17, 15) is 8.42 Å². The summed E-state index contributed by atoms with van der Waals surface area (Å²) in [4.78, 5) is 0. The number of hydrogen-bond donors (Lipinski definition) is 1. The van der Waals surface area contributed by atoms with Crippen LogP contribution < -0.4 is 5.73 Å². The van der Waals surface area contributed by atoms with Crippen molar-refractivity contribution in [1.29, 1.82) is 0 Å². The summed E-state index contributed by atoms with van der Waals surface area (Å²) in [5.41, 5.74) is 6.26. The minimum Gasteiger partial charge on any atom is -0.323 e. The van der Waals surface area contributed by atoms with Gasteiger partial charge in [0.1, 0.15) is 0 Å². The molecule has 0 saturated heterocycles. The molecule has 2 unspecified atom stereocenters. The highest BCUT2D eigenvalue weighted by Crippen LogP contribution is 2.08. The second-order valence-corrected chi connectivity index (χ2v) is 5.31. The van der Waals surface area contributed by atoms with Crippen molar-refractivity contribution in [2.75, 3.05) is 6.26 Å². The van der Waals surface area contributed by atoms with E-state index in [-0.39, 0.29) is 0 Å². The fourth-order valence-electron chi connectivity index (χ4n) is 0.667. The van der Waals surface area contributed by atoms with Crippen molar-refractivity contribution in [1.82, 2.24) is 0 Å². The minimum absolute atomic E-state index is 0.454. The van der Waals surface area contributed by atoms with Crippen LogP contribution in [0.1, 0.15) is 13.8 Å². The summed E-state index contributed by atoms with van der Waals surface area (Å²) in [6, 6.07) is -0.454. The Labute approximate surface area is 68.2 Å². The fraction of sp³-hybridized carbons (Fsp3) is 0.714. The average molecular weight is 177 g/mol. The maximum atomic E-state index is 11.0. The third-order valence-corrected chi connectivity index (χ3v) is 3.39. The molecule has 0 aromatic rings. The topological polar surface area (TPSA) is 60.2 Å². The molecule has 0 aromatic carbocycles. The Morgan fingerprint density at radius 2 is 1.91 bits per heavy atom. The van der Waals surface area contributed by atoms with Crippen LogP contribution in [0.2, 0.25) is 0 Å². The maximum absolute atomic E-state index is 11.0. The third-order valence-electron chi connectivity index (χ3n) is 1.75.